The summed E-state index contributed by atoms with van der Waals surface area (Å²) in [6.45, 7) is 17.4. The quantitative estimate of drug-likeness (QED) is 0.123. The van der Waals surface area contributed by atoms with Gasteiger partial charge in [0.1, 0.15) is 5.75 Å². The lowest BCUT2D eigenvalue weighted by Gasteiger charge is -2.36. The van der Waals surface area contributed by atoms with Gasteiger partial charge in [0.2, 0.25) is 14.2 Å². The second-order valence-corrected chi connectivity index (χ2v) is 17.4. The van der Waals surface area contributed by atoms with E-state index in [0.717, 1.165) is 30.6 Å². The maximum absolute atomic E-state index is 12.9. The molecule has 36 heavy (non-hydrogen) atoms. The zero-order valence-corrected chi connectivity index (χ0v) is 25.8. The first-order valence-corrected chi connectivity index (χ1v) is 18.0. The van der Waals surface area contributed by atoms with Crippen LogP contribution in [0.2, 0.25) is 18.1 Å². The number of unbranched alkanes of at least 4 members (excludes halogenated alkanes) is 4. The van der Waals surface area contributed by atoms with E-state index in [1.165, 1.54) is 18.7 Å². The number of amides is 1. The van der Waals surface area contributed by atoms with Crippen LogP contribution in [0.1, 0.15) is 85.6 Å². The van der Waals surface area contributed by atoms with Crippen LogP contribution in [0, 0.1) is 0 Å². The van der Waals surface area contributed by atoms with Crippen molar-refractivity contribution in [3.05, 3.63) is 41.7 Å². The van der Waals surface area contributed by atoms with E-state index < -0.39 is 15.9 Å². The summed E-state index contributed by atoms with van der Waals surface area (Å²) in [6.07, 6.45) is 8.27. The first-order chi connectivity index (χ1) is 16.9. The Labute approximate surface area is 221 Å². The minimum absolute atomic E-state index is 0.00156. The Bertz CT molecular complexity index is 838. The lowest BCUT2D eigenvalue weighted by Crippen LogP contribution is -2.43. The highest BCUT2D eigenvalue weighted by atomic mass is 31.2. The van der Waals surface area contributed by atoms with E-state index in [9.17, 15) is 9.36 Å². The minimum atomic E-state index is -3.35. The van der Waals surface area contributed by atoms with Gasteiger partial charge >= 0.3 is 7.60 Å². The fourth-order valence-electron chi connectivity index (χ4n) is 3.42. The van der Waals surface area contributed by atoms with Gasteiger partial charge in [-0.05, 0) is 62.5 Å². The van der Waals surface area contributed by atoms with Crippen LogP contribution in [0.5, 0.6) is 5.75 Å². The third kappa shape index (κ3) is 12.2. The summed E-state index contributed by atoms with van der Waals surface area (Å²) in [6, 6.07) is 7.74. The Morgan fingerprint density at radius 2 is 1.58 bits per heavy atom. The number of hydrogen-bond donors (Lipinski definition) is 1. The third-order valence-electron chi connectivity index (χ3n) is 6.53. The number of hydrogen-bond acceptors (Lipinski definition) is 5. The monoisotopic (exact) mass is 539 g/mol. The Morgan fingerprint density at radius 1 is 1.00 bits per heavy atom. The van der Waals surface area contributed by atoms with Crippen LogP contribution in [-0.2, 0) is 24.8 Å². The van der Waals surface area contributed by atoms with Gasteiger partial charge in [0, 0.05) is 12.2 Å². The molecule has 0 unspecified atom stereocenters. The highest BCUT2D eigenvalue weighted by Crippen LogP contribution is 2.49. The van der Waals surface area contributed by atoms with Crippen molar-refractivity contribution in [1.29, 1.82) is 0 Å². The van der Waals surface area contributed by atoms with Crippen molar-refractivity contribution in [3.8, 4) is 5.75 Å². The Morgan fingerprint density at radius 3 is 2.11 bits per heavy atom. The second-order valence-electron chi connectivity index (χ2n) is 10.8. The van der Waals surface area contributed by atoms with Crippen LogP contribution in [0.25, 0.3) is 0 Å². The summed E-state index contributed by atoms with van der Waals surface area (Å²) in [4.78, 5) is 12.7. The molecule has 1 aromatic carbocycles. The molecule has 0 bridgehead atoms. The maximum Gasteiger partial charge on any atom is 0.353 e. The number of benzene rings is 1. The smallest absolute Gasteiger partial charge is 0.353 e. The molecule has 6 nitrogen and oxygen atoms in total. The second kappa shape index (κ2) is 15.8. The van der Waals surface area contributed by atoms with Crippen molar-refractivity contribution in [2.75, 3.05) is 13.2 Å². The van der Waals surface area contributed by atoms with E-state index in [2.05, 4.69) is 46.1 Å². The molecule has 0 saturated carbocycles. The summed E-state index contributed by atoms with van der Waals surface area (Å²) in [5.41, 5.74) is 1.05. The fraction of sp³-hybridized carbons (Fsp3) is 0.679. The molecular formula is C28H50NO5PSi. The van der Waals surface area contributed by atoms with Gasteiger partial charge in [-0.15, -0.1) is 0 Å². The Balaban J connectivity index is 2.96. The molecule has 0 spiro atoms. The van der Waals surface area contributed by atoms with Crippen molar-refractivity contribution >= 4 is 21.8 Å². The molecule has 0 aliphatic rings. The molecule has 0 aromatic heterocycles. The number of nitrogens with one attached hydrogen (secondary N) is 1. The lowest BCUT2D eigenvalue weighted by atomic mass is 10.1. The number of carbonyl (C=O) groups is 1. The van der Waals surface area contributed by atoms with Gasteiger partial charge in [0.15, 0.2) is 0 Å². The molecule has 0 fully saturated rings. The minimum Gasteiger partial charge on any atom is -0.544 e. The van der Waals surface area contributed by atoms with Crippen LogP contribution in [0.4, 0.5) is 0 Å². The first-order valence-electron chi connectivity index (χ1n) is 13.5. The van der Waals surface area contributed by atoms with Crippen molar-refractivity contribution < 1.29 is 22.8 Å². The van der Waals surface area contributed by atoms with E-state index in [1.807, 2.05) is 24.3 Å². The van der Waals surface area contributed by atoms with Gasteiger partial charge in [-0.25, -0.2) is 0 Å². The molecule has 0 aliphatic carbocycles. The predicted molar refractivity (Wildman–Crippen MR) is 153 cm³/mol. The van der Waals surface area contributed by atoms with Crippen molar-refractivity contribution in [1.82, 2.24) is 5.32 Å². The topological polar surface area (TPSA) is 73.9 Å². The van der Waals surface area contributed by atoms with Crippen LogP contribution >= 0.6 is 7.60 Å². The highest BCUT2D eigenvalue weighted by molar-refractivity contribution is 7.57. The molecule has 0 aliphatic heterocycles. The van der Waals surface area contributed by atoms with Gasteiger partial charge in [-0.2, -0.15) is 0 Å². The summed E-state index contributed by atoms with van der Waals surface area (Å²) < 4.78 is 30.1. The fourth-order valence-corrected chi connectivity index (χ4v) is 5.84. The van der Waals surface area contributed by atoms with Gasteiger partial charge in [0.05, 0.1) is 19.3 Å². The predicted octanol–water partition coefficient (Wildman–Crippen LogP) is 8.24. The molecule has 0 saturated heterocycles. The standard InChI is InChI=1S/C28H50NO5PSi/c1-9-12-13-14-15-16-27(30)29-25(21-22-35(31,32-10-2)33-11-3)23-24-17-19-26(20-18-24)34-36(7,8)28(4,5)6/h17-22,25H,9-16,23H2,1-8H3,(H,29,30)/t25-/m0/s1. The number of rotatable bonds is 17. The normalized spacial score (nSPS) is 13.7. The largest absolute Gasteiger partial charge is 0.544 e. The maximum atomic E-state index is 12.9. The Kier molecular flexibility index (Phi) is 14.3. The molecule has 0 radical (unpaired) electrons. The summed E-state index contributed by atoms with van der Waals surface area (Å²) in [7, 11) is -5.26. The van der Waals surface area contributed by atoms with Crippen LogP contribution in [0.3, 0.4) is 0 Å². The van der Waals surface area contributed by atoms with E-state index >= 15 is 0 Å². The van der Waals surface area contributed by atoms with E-state index in [-0.39, 0.29) is 30.2 Å². The van der Waals surface area contributed by atoms with Crippen molar-refractivity contribution in [2.45, 2.75) is 111 Å². The third-order valence-corrected chi connectivity index (χ3v) is 12.7. The first kappa shape index (κ1) is 32.6. The molecule has 0 heterocycles. The van der Waals surface area contributed by atoms with Crippen LogP contribution in [0.15, 0.2) is 36.2 Å². The Hall–Kier alpha value is -1.40. The lowest BCUT2D eigenvalue weighted by molar-refractivity contribution is -0.121. The molecule has 206 valence electrons. The van der Waals surface area contributed by atoms with Crippen LogP contribution < -0.4 is 9.74 Å². The molecular weight excluding hydrogens is 489 g/mol. The highest BCUT2D eigenvalue weighted by Gasteiger charge is 2.38. The molecule has 1 amide bonds. The van der Waals surface area contributed by atoms with Gasteiger partial charge < -0.3 is 18.8 Å². The van der Waals surface area contributed by atoms with Gasteiger partial charge in [0.25, 0.3) is 0 Å². The molecule has 1 atom stereocenters. The zero-order chi connectivity index (χ0) is 27.2. The van der Waals surface area contributed by atoms with Crippen LogP contribution in [-0.4, -0.2) is 33.5 Å². The van der Waals surface area contributed by atoms with Gasteiger partial charge in [-0.1, -0.05) is 71.6 Å². The average molecular weight is 540 g/mol. The number of carbonyl (C=O) groups excluding carboxylic acids is 1. The van der Waals surface area contributed by atoms with Crippen molar-refractivity contribution in [3.63, 3.8) is 0 Å². The van der Waals surface area contributed by atoms with E-state index in [1.54, 1.807) is 19.9 Å². The molecule has 1 rings (SSSR count). The molecule has 1 N–H and O–H groups in total. The summed E-state index contributed by atoms with van der Waals surface area (Å²) >= 11 is 0. The van der Waals surface area contributed by atoms with E-state index in [0.29, 0.717) is 12.8 Å². The summed E-state index contributed by atoms with van der Waals surface area (Å²) in [5, 5.41) is 3.23. The van der Waals surface area contributed by atoms with E-state index in [4.69, 9.17) is 13.5 Å². The SMILES string of the molecule is CCCCCCCC(=O)N[C@@H](C=CP(=O)(OCC)OCC)Cc1ccc(O[Si](C)(C)C(C)(C)C)cc1. The summed E-state index contributed by atoms with van der Waals surface area (Å²) in [5.74, 6) is 2.36. The zero-order valence-electron chi connectivity index (χ0n) is 23.9. The average Bonchev–Trinajstić information content (AvgIpc) is 2.78. The molecule has 8 heteroatoms. The molecule has 1 aromatic rings. The van der Waals surface area contributed by atoms with Gasteiger partial charge in [-0.3, -0.25) is 9.36 Å². The van der Waals surface area contributed by atoms with Crippen molar-refractivity contribution in [2.24, 2.45) is 0 Å².